The number of rotatable bonds is 6. The van der Waals surface area contributed by atoms with Crippen LogP contribution in [0.25, 0.3) is 0 Å². The molecular formula is C11H11F3O3S. The van der Waals surface area contributed by atoms with Gasteiger partial charge in [-0.15, -0.1) is 0 Å². The molecule has 100 valence electrons. The molecule has 1 rings (SSSR count). The minimum atomic E-state index is -4.28. The molecule has 0 bridgehead atoms. The lowest BCUT2D eigenvalue weighted by atomic mass is 10.2. The molecule has 0 heterocycles. The molecule has 0 unspecified atom stereocenters. The van der Waals surface area contributed by atoms with Crippen molar-refractivity contribution in [3.05, 3.63) is 23.8 Å². The van der Waals surface area contributed by atoms with E-state index < -0.39 is 5.51 Å². The Morgan fingerprint density at radius 1 is 1.39 bits per heavy atom. The van der Waals surface area contributed by atoms with Gasteiger partial charge in [0.25, 0.3) is 0 Å². The van der Waals surface area contributed by atoms with Gasteiger partial charge in [0.05, 0.1) is 19.3 Å². The topological polar surface area (TPSA) is 35.5 Å². The Morgan fingerprint density at radius 2 is 2.11 bits per heavy atom. The van der Waals surface area contributed by atoms with Crippen molar-refractivity contribution in [1.82, 2.24) is 0 Å². The number of hydrogen-bond donors (Lipinski definition) is 0. The standard InChI is InChI=1S/C11H11F3O3S/c1-16-9-4-2-3-8(7-15)10(9)17-5-6-18-11(12,13)14/h2-4,7H,5-6H2,1H3. The predicted octanol–water partition coefficient (Wildman–Crippen LogP) is 3.14. The Hall–Kier alpha value is -1.37. The first-order valence-corrected chi connectivity index (χ1v) is 5.92. The number of ether oxygens (including phenoxy) is 2. The minimum Gasteiger partial charge on any atom is -0.493 e. The van der Waals surface area contributed by atoms with Gasteiger partial charge in [-0.2, -0.15) is 13.2 Å². The number of methoxy groups -OCH3 is 1. The monoisotopic (exact) mass is 280 g/mol. The average molecular weight is 280 g/mol. The number of hydrogen-bond acceptors (Lipinski definition) is 4. The Labute approximate surface area is 106 Å². The number of benzene rings is 1. The van der Waals surface area contributed by atoms with E-state index in [9.17, 15) is 18.0 Å². The number of alkyl halides is 3. The van der Waals surface area contributed by atoms with E-state index in [1.165, 1.54) is 13.2 Å². The highest BCUT2D eigenvalue weighted by atomic mass is 32.2. The van der Waals surface area contributed by atoms with Gasteiger partial charge in [-0.05, 0) is 23.9 Å². The van der Waals surface area contributed by atoms with Crippen molar-refractivity contribution in [2.75, 3.05) is 19.5 Å². The van der Waals surface area contributed by atoms with Crippen LogP contribution in [0.3, 0.4) is 0 Å². The van der Waals surface area contributed by atoms with Gasteiger partial charge in [0.1, 0.15) is 0 Å². The van der Waals surface area contributed by atoms with E-state index in [0.29, 0.717) is 12.0 Å². The third-order valence-electron chi connectivity index (χ3n) is 1.95. The summed E-state index contributed by atoms with van der Waals surface area (Å²) in [5.74, 6) is 0.231. The van der Waals surface area contributed by atoms with Crippen LogP contribution >= 0.6 is 11.8 Å². The lowest BCUT2D eigenvalue weighted by Gasteiger charge is -2.12. The zero-order valence-corrected chi connectivity index (χ0v) is 10.3. The third-order valence-corrected chi connectivity index (χ3v) is 2.65. The van der Waals surface area contributed by atoms with Crippen LogP contribution in [0, 0.1) is 0 Å². The number of para-hydroxylation sites is 1. The Kier molecular flexibility index (Phi) is 5.33. The number of carbonyl (C=O) groups is 1. The van der Waals surface area contributed by atoms with Crippen LogP contribution in [0.2, 0.25) is 0 Å². The maximum atomic E-state index is 11.9. The Morgan fingerprint density at radius 3 is 2.67 bits per heavy atom. The highest BCUT2D eigenvalue weighted by Gasteiger charge is 2.27. The van der Waals surface area contributed by atoms with Crippen LogP contribution < -0.4 is 9.47 Å². The smallest absolute Gasteiger partial charge is 0.441 e. The molecule has 0 aliphatic heterocycles. The second kappa shape index (κ2) is 6.53. The Balaban J connectivity index is 2.63. The van der Waals surface area contributed by atoms with Gasteiger partial charge in [-0.25, -0.2) is 0 Å². The first-order chi connectivity index (χ1) is 8.48. The lowest BCUT2D eigenvalue weighted by molar-refractivity contribution is -0.0329. The molecule has 0 amide bonds. The zero-order chi connectivity index (χ0) is 13.6. The molecule has 0 radical (unpaired) electrons. The largest absolute Gasteiger partial charge is 0.493 e. The molecule has 7 heteroatoms. The van der Waals surface area contributed by atoms with E-state index in [2.05, 4.69) is 0 Å². The summed E-state index contributed by atoms with van der Waals surface area (Å²) in [5.41, 5.74) is -4.04. The molecule has 0 aliphatic carbocycles. The van der Waals surface area contributed by atoms with E-state index in [1.54, 1.807) is 12.1 Å². The minimum absolute atomic E-state index is 0.161. The van der Waals surface area contributed by atoms with E-state index in [1.807, 2.05) is 0 Å². The number of halogens is 3. The molecule has 0 saturated carbocycles. The number of carbonyl (C=O) groups excluding carboxylic acids is 1. The van der Waals surface area contributed by atoms with Crippen LogP contribution in [-0.4, -0.2) is 31.3 Å². The molecule has 0 aliphatic rings. The molecule has 1 aromatic carbocycles. The van der Waals surface area contributed by atoms with Gasteiger partial charge in [-0.1, -0.05) is 6.07 Å². The van der Waals surface area contributed by atoms with E-state index in [0.717, 1.165) is 0 Å². The third kappa shape index (κ3) is 4.48. The fraction of sp³-hybridized carbons (Fsp3) is 0.364. The molecule has 0 spiro atoms. The highest BCUT2D eigenvalue weighted by molar-refractivity contribution is 8.00. The second-order valence-electron chi connectivity index (χ2n) is 3.14. The van der Waals surface area contributed by atoms with Gasteiger partial charge in [0, 0.05) is 5.75 Å². The van der Waals surface area contributed by atoms with Crippen LogP contribution in [0.1, 0.15) is 10.4 Å². The summed E-state index contributed by atoms with van der Waals surface area (Å²) >= 11 is -0.174. The summed E-state index contributed by atoms with van der Waals surface area (Å²) in [6.07, 6.45) is 0.564. The van der Waals surface area contributed by atoms with Crippen molar-refractivity contribution < 1.29 is 27.4 Å². The first kappa shape index (κ1) is 14.7. The molecule has 0 fully saturated rings. The highest BCUT2D eigenvalue weighted by Crippen LogP contribution is 2.32. The molecular weight excluding hydrogens is 269 g/mol. The van der Waals surface area contributed by atoms with Gasteiger partial charge in [0.15, 0.2) is 17.8 Å². The first-order valence-electron chi connectivity index (χ1n) is 4.93. The second-order valence-corrected chi connectivity index (χ2v) is 4.30. The predicted molar refractivity (Wildman–Crippen MR) is 62.4 cm³/mol. The van der Waals surface area contributed by atoms with Gasteiger partial charge in [-0.3, -0.25) is 4.79 Å². The van der Waals surface area contributed by atoms with Crippen molar-refractivity contribution in [2.45, 2.75) is 5.51 Å². The Bertz CT molecular complexity index is 407. The normalized spacial score (nSPS) is 11.1. The molecule has 0 atom stereocenters. The van der Waals surface area contributed by atoms with Crippen molar-refractivity contribution in [1.29, 1.82) is 0 Å². The molecule has 0 N–H and O–H groups in total. The lowest BCUT2D eigenvalue weighted by Crippen LogP contribution is -2.08. The summed E-state index contributed by atoms with van der Waals surface area (Å²) in [4.78, 5) is 10.8. The fourth-order valence-corrected chi connectivity index (χ4v) is 1.64. The van der Waals surface area contributed by atoms with E-state index in [-0.39, 0.29) is 35.4 Å². The van der Waals surface area contributed by atoms with Crippen LogP contribution in [0.15, 0.2) is 18.2 Å². The van der Waals surface area contributed by atoms with Crippen LogP contribution in [0.4, 0.5) is 13.2 Å². The van der Waals surface area contributed by atoms with Gasteiger partial charge >= 0.3 is 5.51 Å². The molecule has 0 aromatic heterocycles. The maximum Gasteiger partial charge on any atom is 0.441 e. The number of thioether (sulfide) groups is 1. The van der Waals surface area contributed by atoms with E-state index >= 15 is 0 Å². The SMILES string of the molecule is COc1cccc(C=O)c1OCCSC(F)(F)F. The van der Waals surface area contributed by atoms with Gasteiger partial charge < -0.3 is 9.47 Å². The van der Waals surface area contributed by atoms with Gasteiger partial charge in [0.2, 0.25) is 0 Å². The summed E-state index contributed by atoms with van der Waals surface area (Å²) in [7, 11) is 1.39. The molecule has 0 saturated heterocycles. The number of aldehydes is 1. The maximum absolute atomic E-state index is 11.9. The molecule has 18 heavy (non-hydrogen) atoms. The fourth-order valence-electron chi connectivity index (χ4n) is 1.24. The van der Waals surface area contributed by atoms with E-state index in [4.69, 9.17) is 9.47 Å². The molecule has 3 nitrogen and oxygen atoms in total. The van der Waals surface area contributed by atoms with Crippen LogP contribution in [-0.2, 0) is 0 Å². The van der Waals surface area contributed by atoms with Crippen LogP contribution in [0.5, 0.6) is 11.5 Å². The summed E-state index contributed by atoms with van der Waals surface area (Å²) < 4.78 is 45.8. The zero-order valence-electron chi connectivity index (χ0n) is 9.49. The average Bonchev–Trinajstić information content (AvgIpc) is 2.33. The van der Waals surface area contributed by atoms with Crippen molar-refractivity contribution in [2.24, 2.45) is 0 Å². The quantitative estimate of drug-likeness (QED) is 0.592. The van der Waals surface area contributed by atoms with Crippen molar-refractivity contribution in [3.63, 3.8) is 0 Å². The summed E-state index contributed by atoms with van der Waals surface area (Å²) in [5, 5.41) is 0. The summed E-state index contributed by atoms with van der Waals surface area (Å²) in [6, 6.07) is 4.67. The van der Waals surface area contributed by atoms with Crippen molar-refractivity contribution >= 4 is 18.0 Å². The van der Waals surface area contributed by atoms with Crippen molar-refractivity contribution in [3.8, 4) is 11.5 Å². The molecule has 1 aromatic rings. The summed E-state index contributed by atoms with van der Waals surface area (Å²) in [6.45, 7) is -0.161.